The molecule has 1 atom stereocenters. The first-order chi connectivity index (χ1) is 8.22. The summed E-state index contributed by atoms with van der Waals surface area (Å²) in [4.78, 5) is 22.8. The number of nitrogens with zero attached hydrogens (tertiary/aromatic N) is 1. The van der Waals surface area contributed by atoms with Gasteiger partial charge in [0.15, 0.2) is 0 Å². The zero-order valence-electron chi connectivity index (χ0n) is 9.06. The summed E-state index contributed by atoms with van der Waals surface area (Å²) in [6.07, 6.45) is -0.0975. The largest absolute Gasteiger partial charge is 0.423 e. The molecule has 2 rings (SSSR count). The van der Waals surface area contributed by atoms with E-state index in [1.165, 1.54) is 0 Å². The summed E-state index contributed by atoms with van der Waals surface area (Å²) in [6.45, 7) is 0.418. The Balaban J connectivity index is 1.90. The van der Waals surface area contributed by atoms with Gasteiger partial charge in [-0.2, -0.15) is 0 Å². The van der Waals surface area contributed by atoms with E-state index in [-0.39, 0.29) is 11.2 Å². The molecule has 1 unspecified atom stereocenters. The number of amides is 1. The smallest absolute Gasteiger partial charge is 0.352 e. The van der Waals surface area contributed by atoms with Crippen LogP contribution < -0.4 is 10.1 Å². The monoisotopic (exact) mass is 299 g/mol. The molecular weight excluding hydrogens is 288 g/mol. The van der Waals surface area contributed by atoms with Crippen LogP contribution in [0.4, 0.5) is 5.69 Å². The molecule has 0 aromatic heterocycles. The predicted molar refractivity (Wildman–Crippen MR) is 65.6 cm³/mol. The summed E-state index contributed by atoms with van der Waals surface area (Å²) in [6, 6.07) is 7.10. The maximum Gasteiger partial charge on any atom is 0.352 e. The highest BCUT2D eigenvalue weighted by Crippen LogP contribution is 2.35. The second-order valence-corrected chi connectivity index (χ2v) is 4.20. The molecule has 1 aromatic rings. The number of carbonyl (C=O) groups excluding carboxylic acids is 1. The van der Waals surface area contributed by atoms with Crippen molar-refractivity contribution in [2.45, 2.75) is 12.6 Å². The average molecular weight is 300 g/mol. The third-order valence-electron chi connectivity index (χ3n) is 2.46. The Morgan fingerprint density at radius 3 is 2.94 bits per heavy atom. The molecule has 90 valence electrons. The van der Waals surface area contributed by atoms with Crippen molar-refractivity contribution in [3.05, 3.63) is 29.2 Å². The van der Waals surface area contributed by atoms with E-state index in [9.17, 15) is 9.70 Å². The quantitative estimate of drug-likeness (QED) is 0.680. The first kappa shape index (κ1) is 12.0. The van der Waals surface area contributed by atoms with E-state index >= 15 is 0 Å². The molecule has 1 aliphatic heterocycles. The fraction of sp³-hybridized carbons (Fsp3) is 0.364. The number of fused-ring (bicyclic) bond motifs is 1. The molecular formula is C11H12BrN2O3+. The highest BCUT2D eigenvalue weighted by atomic mass is 79.9. The van der Waals surface area contributed by atoms with Crippen LogP contribution in [0, 0.1) is 4.91 Å². The molecule has 0 saturated heterocycles. The van der Waals surface area contributed by atoms with Gasteiger partial charge in [0.2, 0.25) is 11.7 Å². The summed E-state index contributed by atoms with van der Waals surface area (Å²) < 4.78 is 6.33. The third kappa shape index (κ3) is 2.63. The highest BCUT2D eigenvalue weighted by Gasteiger charge is 2.39. The zero-order chi connectivity index (χ0) is 12.3. The van der Waals surface area contributed by atoms with Gasteiger partial charge in [0.1, 0.15) is 0 Å². The lowest BCUT2D eigenvalue weighted by atomic mass is 10.3. The number of nitroso groups, excluding NO2 is 1. The standard InChI is InChI=1S/C11H11BrN2O3/c12-7-10(15)13-6-5-11-14(16)8-3-1-2-4-9(8)17-11/h1-4,11H,5-7H2/p+1. The second-order valence-electron chi connectivity index (χ2n) is 3.64. The Labute approximate surface area is 107 Å². The van der Waals surface area contributed by atoms with Crippen molar-refractivity contribution >= 4 is 27.5 Å². The fourth-order valence-electron chi connectivity index (χ4n) is 1.65. The van der Waals surface area contributed by atoms with Gasteiger partial charge in [-0.15, -0.1) is 0 Å². The Morgan fingerprint density at radius 2 is 2.24 bits per heavy atom. The number of alkyl halides is 1. The van der Waals surface area contributed by atoms with Crippen LogP contribution in [0.1, 0.15) is 6.42 Å². The van der Waals surface area contributed by atoms with Crippen molar-refractivity contribution in [1.29, 1.82) is 0 Å². The molecule has 1 N–H and O–H groups in total. The first-order valence-corrected chi connectivity index (χ1v) is 6.39. The molecule has 6 heteroatoms. The summed E-state index contributed by atoms with van der Waals surface area (Å²) in [5.74, 6) is 0.497. The summed E-state index contributed by atoms with van der Waals surface area (Å²) in [5.41, 5.74) is 0.546. The number of hydrogen-bond donors (Lipinski definition) is 1. The normalized spacial score (nSPS) is 17.5. The molecule has 1 amide bonds. The molecule has 0 saturated carbocycles. The third-order valence-corrected chi connectivity index (χ3v) is 2.97. The zero-order valence-corrected chi connectivity index (χ0v) is 10.6. The van der Waals surface area contributed by atoms with Gasteiger partial charge in [-0.25, -0.2) is 0 Å². The molecule has 17 heavy (non-hydrogen) atoms. The van der Waals surface area contributed by atoms with Crippen LogP contribution in [0.15, 0.2) is 24.3 Å². The molecule has 0 fully saturated rings. The molecule has 0 spiro atoms. The van der Waals surface area contributed by atoms with Crippen molar-refractivity contribution in [2.75, 3.05) is 11.9 Å². The minimum atomic E-state index is -0.553. The average Bonchev–Trinajstić information content (AvgIpc) is 2.67. The van der Waals surface area contributed by atoms with E-state index in [0.717, 1.165) is 4.76 Å². The van der Waals surface area contributed by atoms with Gasteiger partial charge in [0, 0.05) is 17.5 Å². The summed E-state index contributed by atoms with van der Waals surface area (Å²) in [7, 11) is 0. The molecule has 1 aromatic carbocycles. The van der Waals surface area contributed by atoms with E-state index in [2.05, 4.69) is 21.2 Å². The number of hydrogen-bond acceptors (Lipinski definition) is 3. The lowest BCUT2D eigenvalue weighted by molar-refractivity contribution is -0.529. The predicted octanol–water partition coefficient (Wildman–Crippen LogP) is 1.72. The number of ether oxygens (including phenoxy) is 1. The molecule has 1 aliphatic rings. The van der Waals surface area contributed by atoms with Gasteiger partial charge < -0.3 is 10.1 Å². The maximum absolute atomic E-state index is 11.8. The van der Waals surface area contributed by atoms with E-state index in [1.807, 2.05) is 6.07 Å². The lowest BCUT2D eigenvalue weighted by Crippen LogP contribution is -2.31. The Hall–Kier alpha value is -1.43. The van der Waals surface area contributed by atoms with E-state index in [4.69, 9.17) is 4.74 Å². The SMILES string of the molecule is O=C(CBr)NCCC1Oc2ccccc2[N+]1=O. The summed E-state index contributed by atoms with van der Waals surface area (Å²) in [5, 5.41) is 2.94. The Bertz CT molecular complexity index is 450. The van der Waals surface area contributed by atoms with E-state index in [1.54, 1.807) is 18.2 Å². The van der Waals surface area contributed by atoms with Crippen molar-refractivity contribution < 1.29 is 14.3 Å². The molecule has 0 bridgehead atoms. The highest BCUT2D eigenvalue weighted by molar-refractivity contribution is 9.09. The first-order valence-electron chi connectivity index (χ1n) is 5.27. The molecule has 0 aliphatic carbocycles. The maximum atomic E-state index is 11.8. The van der Waals surface area contributed by atoms with Crippen molar-refractivity contribution in [3.63, 3.8) is 0 Å². The van der Waals surface area contributed by atoms with Gasteiger partial charge in [-0.3, -0.25) is 4.79 Å². The minimum Gasteiger partial charge on any atom is -0.423 e. The van der Waals surface area contributed by atoms with Crippen LogP contribution >= 0.6 is 15.9 Å². The van der Waals surface area contributed by atoms with Crippen LogP contribution in [0.2, 0.25) is 0 Å². The second kappa shape index (κ2) is 5.27. The number of rotatable bonds is 4. The van der Waals surface area contributed by atoms with Crippen LogP contribution in [0.25, 0.3) is 0 Å². The molecule has 5 nitrogen and oxygen atoms in total. The summed E-state index contributed by atoms with van der Waals surface area (Å²) >= 11 is 3.05. The van der Waals surface area contributed by atoms with E-state index < -0.39 is 6.23 Å². The number of para-hydroxylation sites is 2. The van der Waals surface area contributed by atoms with Gasteiger partial charge in [0.25, 0.3) is 0 Å². The van der Waals surface area contributed by atoms with E-state index in [0.29, 0.717) is 24.4 Å². The molecule has 1 heterocycles. The minimum absolute atomic E-state index is 0.0991. The van der Waals surface area contributed by atoms with Crippen LogP contribution in [0.3, 0.4) is 0 Å². The number of nitrogens with one attached hydrogen (secondary N) is 1. The lowest BCUT2D eigenvalue weighted by Gasteiger charge is -2.03. The number of benzene rings is 1. The Morgan fingerprint density at radius 1 is 1.47 bits per heavy atom. The van der Waals surface area contributed by atoms with Crippen LogP contribution in [-0.2, 0) is 4.79 Å². The fourth-order valence-corrected chi connectivity index (χ4v) is 1.85. The number of halogens is 1. The van der Waals surface area contributed by atoms with Gasteiger partial charge >= 0.3 is 11.9 Å². The number of carbonyl (C=O) groups is 1. The van der Waals surface area contributed by atoms with Crippen molar-refractivity contribution in [1.82, 2.24) is 5.32 Å². The van der Waals surface area contributed by atoms with Crippen LogP contribution in [-0.4, -0.2) is 28.8 Å². The van der Waals surface area contributed by atoms with Gasteiger partial charge in [-0.1, -0.05) is 28.1 Å². The van der Waals surface area contributed by atoms with Gasteiger partial charge in [-0.05, 0) is 6.07 Å². The van der Waals surface area contributed by atoms with Crippen molar-refractivity contribution in [2.24, 2.45) is 0 Å². The van der Waals surface area contributed by atoms with Crippen molar-refractivity contribution in [3.8, 4) is 5.75 Å². The van der Waals surface area contributed by atoms with Crippen LogP contribution in [0.5, 0.6) is 5.75 Å². The Kier molecular flexibility index (Phi) is 3.73. The molecule has 0 radical (unpaired) electrons. The topological polar surface area (TPSA) is 58.4 Å². The van der Waals surface area contributed by atoms with Gasteiger partial charge in [0.05, 0.1) is 16.5 Å².